The number of benzene rings is 1. The maximum absolute atomic E-state index is 12.6. The lowest BCUT2D eigenvalue weighted by atomic mass is 9.69. The van der Waals surface area contributed by atoms with Crippen molar-refractivity contribution in [1.29, 1.82) is 0 Å². The van der Waals surface area contributed by atoms with Crippen molar-refractivity contribution in [2.75, 3.05) is 5.75 Å². The molecule has 1 aromatic carbocycles. The molecule has 2 bridgehead atoms. The average Bonchev–Trinajstić information content (AvgIpc) is 2.97. The Morgan fingerprint density at radius 1 is 1.33 bits per heavy atom. The molecule has 0 saturated heterocycles. The Morgan fingerprint density at radius 3 is 2.74 bits per heavy atom. The van der Waals surface area contributed by atoms with E-state index in [1.54, 1.807) is 13.1 Å². The summed E-state index contributed by atoms with van der Waals surface area (Å²) in [5.41, 5.74) is 1.05. The van der Waals surface area contributed by atoms with Crippen LogP contribution in [0, 0.1) is 16.7 Å². The molecule has 2 aliphatic carbocycles. The number of carbonyl (C=O) groups excluding carboxylic acids is 1. The minimum absolute atomic E-state index is 0.0250. The molecule has 27 heavy (non-hydrogen) atoms. The molecule has 2 aromatic rings. The molecule has 1 aromatic heterocycles. The summed E-state index contributed by atoms with van der Waals surface area (Å²) in [6.07, 6.45) is 3.53. The fourth-order valence-corrected chi connectivity index (χ4v) is 5.90. The van der Waals surface area contributed by atoms with Gasteiger partial charge in [0, 0.05) is 13.1 Å². The first-order chi connectivity index (χ1) is 12.7. The minimum atomic E-state index is -0.0779. The van der Waals surface area contributed by atoms with Crippen LogP contribution in [0.15, 0.2) is 34.2 Å². The van der Waals surface area contributed by atoms with Crippen LogP contribution in [-0.4, -0.2) is 27.3 Å². The number of hydrogen-bond acceptors (Lipinski definition) is 4. The van der Waals surface area contributed by atoms with Crippen molar-refractivity contribution in [2.45, 2.75) is 51.2 Å². The number of nitrogens with one attached hydrogen (secondary N) is 1. The van der Waals surface area contributed by atoms with Gasteiger partial charge in [-0.2, -0.15) is 0 Å². The van der Waals surface area contributed by atoms with E-state index in [9.17, 15) is 9.59 Å². The van der Waals surface area contributed by atoms with Crippen LogP contribution < -0.4 is 10.9 Å². The Bertz CT molecular complexity index is 968. The molecule has 4 rings (SSSR count). The number of aromatic nitrogens is 2. The zero-order chi connectivity index (χ0) is 19.4. The first-order valence-corrected chi connectivity index (χ1v) is 10.6. The average molecular weight is 386 g/mol. The molecule has 5 nitrogen and oxygen atoms in total. The van der Waals surface area contributed by atoms with E-state index in [1.807, 2.05) is 18.2 Å². The Morgan fingerprint density at radius 2 is 2.07 bits per heavy atom. The summed E-state index contributed by atoms with van der Waals surface area (Å²) >= 11 is 1.33. The smallest absolute Gasteiger partial charge is 0.261 e. The molecule has 2 aliphatic rings. The van der Waals surface area contributed by atoms with Crippen LogP contribution in [0.2, 0.25) is 0 Å². The van der Waals surface area contributed by atoms with E-state index < -0.39 is 0 Å². The zero-order valence-electron chi connectivity index (χ0n) is 16.4. The summed E-state index contributed by atoms with van der Waals surface area (Å²) in [5.74, 6) is 0.997. The van der Waals surface area contributed by atoms with Crippen LogP contribution in [0.4, 0.5) is 0 Å². The first-order valence-electron chi connectivity index (χ1n) is 9.62. The molecule has 0 aliphatic heterocycles. The molecular weight excluding hydrogens is 358 g/mol. The molecule has 3 unspecified atom stereocenters. The molecular formula is C21H27N3O2S. The highest BCUT2D eigenvalue weighted by molar-refractivity contribution is 7.99. The van der Waals surface area contributed by atoms with Crippen LogP contribution in [0.5, 0.6) is 0 Å². The number of para-hydroxylation sites is 1. The summed E-state index contributed by atoms with van der Waals surface area (Å²) in [5, 5.41) is 4.45. The van der Waals surface area contributed by atoms with Crippen LogP contribution in [0.25, 0.3) is 10.9 Å². The lowest BCUT2D eigenvalue weighted by Gasteiger charge is -2.39. The van der Waals surface area contributed by atoms with Crippen molar-refractivity contribution in [2.24, 2.45) is 23.8 Å². The van der Waals surface area contributed by atoms with Gasteiger partial charge in [0.05, 0.1) is 16.7 Å². The van der Waals surface area contributed by atoms with Crippen molar-refractivity contribution < 1.29 is 4.79 Å². The van der Waals surface area contributed by atoms with Gasteiger partial charge in [-0.15, -0.1) is 0 Å². The molecule has 1 N–H and O–H groups in total. The summed E-state index contributed by atoms with van der Waals surface area (Å²) in [7, 11) is 1.71. The second-order valence-corrected chi connectivity index (χ2v) is 9.74. The maximum Gasteiger partial charge on any atom is 0.261 e. The molecule has 1 heterocycles. The van der Waals surface area contributed by atoms with E-state index in [-0.39, 0.29) is 34.1 Å². The lowest BCUT2D eigenvalue weighted by molar-refractivity contribution is -0.120. The summed E-state index contributed by atoms with van der Waals surface area (Å²) in [4.78, 5) is 29.7. The summed E-state index contributed by atoms with van der Waals surface area (Å²) < 4.78 is 1.53. The first kappa shape index (κ1) is 18.5. The third-order valence-corrected chi connectivity index (χ3v) is 8.43. The highest BCUT2D eigenvalue weighted by Crippen LogP contribution is 2.65. The molecule has 2 fully saturated rings. The van der Waals surface area contributed by atoms with Crippen LogP contribution in [0.3, 0.4) is 0 Å². The van der Waals surface area contributed by atoms with E-state index in [4.69, 9.17) is 0 Å². The van der Waals surface area contributed by atoms with E-state index in [0.29, 0.717) is 22.0 Å². The highest BCUT2D eigenvalue weighted by Gasteiger charge is 2.61. The molecule has 1 amide bonds. The van der Waals surface area contributed by atoms with E-state index in [2.05, 4.69) is 31.1 Å². The van der Waals surface area contributed by atoms with Gasteiger partial charge >= 0.3 is 0 Å². The monoisotopic (exact) mass is 385 g/mol. The maximum atomic E-state index is 12.6. The van der Waals surface area contributed by atoms with Crippen LogP contribution in [0.1, 0.15) is 40.0 Å². The number of hydrogen-bond donors (Lipinski definition) is 1. The molecule has 144 valence electrons. The second-order valence-electron chi connectivity index (χ2n) is 8.79. The topological polar surface area (TPSA) is 64.0 Å². The Kier molecular flexibility index (Phi) is 4.37. The Hall–Kier alpha value is -1.82. The van der Waals surface area contributed by atoms with Crippen molar-refractivity contribution in [3.8, 4) is 0 Å². The second kappa shape index (κ2) is 6.36. The number of nitrogens with zero attached hydrogens (tertiary/aromatic N) is 2. The Balaban J connectivity index is 1.46. The molecule has 2 saturated carbocycles. The van der Waals surface area contributed by atoms with Gasteiger partial charge in [0.15, 0.2) is 5.16 Å². The van der Waals surface area contributed by atoms with Crippen molar-refractivity contribution in [1.82, 2.24) is 14.9 Å². The quantitative estimate of drug-likeness (QED) is 0.647. The van der Waals surface area contributed by atoms with Gasteiger partial charge < -0.3 is 5.32 Å². The largest absolute Gasteiger partial charge is 0.352 e. The summed E-state index contributed by atoms with van der Waals surface area (Å²) in [6, 6.07) is 7.56. The van der Waals surface area contributed by atoms with Gasteiger partial charge in [0.25, 0.3) is 5.56 Å². The van der Waals surface area contributed by atoms with Gasteiger partial charge in [-0.05, 0) is 48.1 Å². The number of fused-ring (bicyclic) bond motifs is 3. The SMILES string of the molecule is Cn1c(SCC(=O)NC2CC3CCC2(C)C3(C)C)nc2ccccc2c1=O. The number of carbonyl (C=O) groups is 1. The van der Waals surface area contributed by atoms with E-state index in [0.717, 1.165) is 6.42 Å². The van der Waals surface area contributed by atoms with Crippen molar-refractivity contribution in [3.05, 3.63) is 34.6 Å². The van der Waals surface area contributed by atoms with Crippen molar-refractivity contribution in [3.63, 3.8) is 0 Å². The zero-order valence-corrected chi connectivity index (χ0v) is 17.2. The third-order valence-electron chi connectivity index (χ3n) is 7.40. The minimum Gasteiger partial charge on any atom is -0.352 e. The van der Waals surface area contributed by atoms with Gasteiger partial charge in [-0.3, -0.25) is 14.2 Å². The van der Waals surface area contributed by atoms with E-state index >= 15 is 0 Å². The molecule has 0 spiro atoms. The number of amides is 1. The fourth-order valence-electron chi connectivity index (χ4n) is 5.11. The fraction of sp³-hybridized carbons (Fsp3) is 0.571. The predicted molar refractivity (Wildman–Crippen MR) is 109 cm³/mol. The normalized spacial score (nSPS) is 28.6. The van der Waals surface area contributed by atoms with Crippen LogP contribution >= 0.6 is 11.8 Å². The number of rotatable bonds is 4. The lowest BCUT2D eigenvalue weighted by Crippen LogP contribution is -2.47. The highest BCUT2D eigenvalue weighted by atomic mass is 32.2. The molecule has 3 atom stereocenters. The summed E-state index contributed by atoms with van der Waals surface area (Å²) in [6.45, 7) is 7.02. The van der Waals surface area contributed by atoms with Gasteiger partial charge in [0.2, 0.25) is 5.91 Å². The van der Waals surface area contributed by atoms with Gasteiger partial charge in [-0.1, -0.05) is 44.7 Å². The standard InChI is InChI=1S/C21H27N3O2S/c1-20(2)13-9-10-21(20,3)16(11-13)23-17(25)12-27-19-22-15-8-6-5-7-14(15)18(26)24(19)4/h5-8,13,16H,9-12H2,1-4H3,(H,23,25). The molecule has 6 heteroatoms. The predicted octanol–water partition coefficient (Wildman–Crippen LogP) is 3.36. The van der Waals surface area contributed by atoms with Gasteiger partial charge in [-0.25, -0.2) is 4.98 Å². The third kappa shape index (κ3) is 2.80. The van der Waals surface area contributed by atoms with Crippen LogP contribution in [-0.2, 0) is 11.8 Å². The van der Waals surface area contributed by atoms with E-state index in [1.165, 1.54) is 29.2 Å². The van der Waals surface area contributed by atoms with Gasteiger partial charge in [0.1, 0.15) is 0 Å². The Labute approximate surface area is 163 Å². The number of thioether (sulfide) groups is 1. The van der Waals surface area contributed by atoms with Crippen molar-refractivity contribution >= 4 is 28.6 Å². The molecule has 0 radical (unpaired) electrons.